The third-order valence-electron chi connectivity index (χ3n) is 3.99. The highest BCUT2D eigenvalue weighted by Gasteiger charge is 2.19. The molecule has 144 valence electrons. The average Bonchev–Trinajstić information content (AvgIpc) is 2.72. The first-order chi connectivity index (χ1) is 13.4. The van der Waals surface area contributed by atoms with Crippen molar-refractivity contribution in [2.45, 2.75) is 4.90 Å². The van der Waals surface area contributed by atoms with Crippen LogP contribution in [0, 0.1) is 0 Å². The van der Waals surface area contributed by atoms with Crippen LogP contribution in [0.15, 0.2) is 83.8 Å². The van der Waals surface area contributed by atoms with Crippen molar-refractivity contribution >= 4 is 44.0 Å². The van der Waals surface area contributed by atoms with Crippen molar-refractivity contribution in [1.29, 1.82) is 0 Å². The molecule has 0 fully saturated rings. The lowest BCUT2D eigenvalue weighted by Gasteiger charge is -2.15. The Morgan fingerprint density at radius 1 is 0.857 bits per heavy atom. The molecular weight excluding hydrogens is 417 g/mol. The van der Waals surface area contributed by atoms with Crippen molar-refractivity contribution in [1.82, 2.24) is 4.72 Å². The first-order valence-electron chi connectivity index (χ1n) is 8.29. The summed E-state index contributed by atoms with van der Waals surface area (Å²) in [5.74, 6) is 0.652. The molecule has 0 spiro atoms. The quantitative estimate of drug-likeness (QED) is 0.529. The number of rotatable bonds is 6. The van der Waals surface area contributed by atoms with Crippen LogP contribution < -0.4 is 9.46 Å². The molecule has 0 amide bonds. The zero-order chi connectivity index (χ0) is 20.1. The van der Waals surface area contributed by atoms with Gasteiger partial charge in [0, 0.05) is 10.6 Å². The third kappa shape index (κ3) is 4.68. The van der Waals surface area contributed by atoms with Gasteiger partial charge < -0.3 is 4.74 Å². The smallest absolute Gasteiger partial charge is 0.261 e. The van der Waals surface area contributed by atoms with Gasteiger partial charge in [0.05, 0.1) is 22.7 Å². The fraction of sp³-hybridized carbons (Fsp3) is 0.0476. The molecular formula is C21H17Cl2NO3S. The Morgan fingerprint density at radius 2 is 1.46 bits per heavy atom. The molecule has 0 aliphatic heterocycles. The molecule has 0 unspecified atom stereocenters. The van der Waals surface area contributed by atoms with Crippen LogP contribution in [-0.4, -0.2) is 15.5 Å². The van der Waals surface area contributed by atoms with Gasteiger partial charge in [-0.1, -0.05) is 53.5 Å². The summed E-state index contributed by atoms with van der Waals surface area (Å²) < 4.78 is 33.6. The number of nitrogens with one attached hydrogen (secondary N) is 1. The van der Waals surface area contributed by atoms with Crippen LogP contribution >= 0.6 is 23.2 Å². The molecule has 0 atom stereocenters. The predicted octanol–water partition coefficient (Wildman–Crippen LogP) is 5.39. The monoisotopic (exact) mass is 433 g/mol. The number of sulfonamides is 1. The molecule has 0 heterocycles. The van der Waals surface area contributed by atoms with Gasteiger partial charge in [-0.25, -0.2) is 8.42 Å². The lowest BCUT2D eigenvalue weighted by Crippen LogP contribution is -2.23. The van der Waals surface area contributed by atoms with E-state index in [0.717, 1.165) is 0 Å². The molecule has 3 aromatic rings. The third-order valence-corrected chi connectivity index (χ3v) is 6.01. The maximum absolute atomic E-state index is 12.9. The molecule has 3 rings (SSSR count). The van der Waals surface area contributed by atoms with E-state index in [0.29, 0.717) is 21.9 Å². The molecule has 0 aromatic heterocycles. The summed E-state index contributed by atoms with van der Waals surface area (Å²) in [5.41, 5.74) is 1.56. The van der Waals surface area contributed by atoms with E-state index in [-0.39, 0.29) is 15.6 Å². The summed E-state index contributed by atoms with van der Waals surface area (Å²) in [7, 11) is -2.31. The normalized spacial score (nSPS) is 12.2. The second kappa shape index (κ2) is 8.69. The minimum absolute atomic E-state index is 0.0837. The lowest BCUT2D eigenvalue weighted by molar-refractivity contribution is 0.415. The van der Waals surface area contributed by atoms with Crippen molar-refractivity contribution in [3.05, 3.63) is 95.0 Å². The SMILES string of the molecule is COc1ccc(/C(NS(=O)(=O)c2ccc(Cl)cc2)=C(\Cl)c2ccccc2)cc1. The van der Waals surface area contributed by atoms with E-state index in [9.17, 15) is 8.42 Å². The Balaban J connectivity index is 2.09. The molecule has 0 saturated heterocycles. The number of halogens is 2. The van der Waals surface area contributed by atoms with Crippen molar-refractivity contribution < 1.29 is 13.2 Å². The van der Waals surface area contributed by atoms with Gasteiger partial charge in [0.1, 0.15) is 5.75 Å². The second-order valence-corrected chi connectivity index (χ2v) is 8.34. The molecule has 0 bridgehead atoms. The van der Waals surface area contributed by atoms with E-state index in [1.54, 1.807) is 31.4 Å². The van der Waals surface area contributed by atoms with Gasteiger partial charge in [-0.2, -0.15) is 0 Å². The van der Waals surface area contributed by atoms with Crippen molar-refractivity contribution in [2.75, 3.05) is 7.11 Å². The molecule has 1 N–H and O–H groups in total. The molecule has 0 saturated carbocycles. The van der Waals surface area contributed by atoms with Crippen molar-refractivity contribution in [3.63, 3.8) is 0 Å². The van der Waals surface area contributed by atoms with Gasteiger partial charge in [-0.3, -0.25) is 4.72 Å². The minimum Gasteiger partial charge on any atom is -0.497 e. The van der Waals surface area contributed by atoms with Crippen LogP contribution in [0.4, 0.5) is 0 Å². The Hall–Kier alpha value is -2.47. The molecule has 0 radical (unpaired) electrons. The molecule has 28 heavy (non-hydrogen) atoms. The Labute approximate surface area is 174 Å². The van der Waals surface area contributed by atoms with Crippen LogP contribution in [0.1, 0.15) is 11.1 Å². The Kier molecular flexibility index (Phi) is 6.29. The van der Waals surface area contributed by atoms with Gasteiger partial charge in [-0.05, 0) is 54.1 Å². The molecule has 3 aromatic carbocycles. The molecule has 0 aliphatic rings. The zero-order valence-electron chi connectivity index (χ0n) is 14.9. The van der Waals surface area contributed by atoms with Crippen molar-refractivity contribution in [2.24, 2.45) is 0 Å². The number of methoxy groups -OCH3 is 1. The lowest BCUT2D eigenvalue weighted by atomic mass is 10.1. The standard InChI is InChI=1S/C21H17Cl2NO3S/c1-27-18-11-7-16(8-12-18)21(20(23)15-5-3-2-4-6-15)24-28(25,26)19-13-9-17(22)10-14-19/h2-14,24H,1H3/b21-20+. The van der Waals surface area contributed by atoms with E-state index in [1.165, 1.54) is 24.3 Å². The first-order valence-corrected chi connectivity index (χ1v) is 10.5. The number of hydrogen-bond acceptors (Lipinski definition) is 3. The van der Waals surface area contributed by atoms with Crippen molar-refractivity contribution in [3.8, 4) is 5.75 Å². The maximum Gasteiger partial charge on any atom is 0.261 e. The topological polar surface area (TPSA) is 55.4 Å². The summed E-state index contributed by atoms with van der Waals surface area (Å²) in [4.78, 5) is 0.0837. The van der Waals surface area contributed by atoms with E-state index < -0.39 is 10.0 Å². The summed E-state index contributed by atoms with van der Waals surface area (Å²) in [5, 5.41) is 0.732. The Morgan fingerprint density at radius 3 is 2.04 bits per heavy atom. The van der Waals surface area contributed by atoms with Gasteiger partial charge in [0.25, 0.3) is 10.0 Å². The van der Waals surface area contributed by atoms with Crippen LogP contribution in [0.25, 0.3) is 10.7 Å². The van der Waals surface area contributed by atoms with E-state index in [1.807, 2.05) is 30.3 Å². The maximum atomic E-state index is 12.9. The first kappa shape index (κ1) is 20.3. The molecule has 0 aliphatic carbocycles. The van der Waals surface area contributed by atoms with Gasteiger partial charge in [-0.15, -0.1) is 0 Å². The fourth-order valence-corrected chi connectivity index (χ4v) is 4.09. The highest BCUT2D eigenvalue weighted by molar-refractivity contribution is 7.89. The highest BCUT2D eigenvalue weighted by Crippen LogP contribution is 2.30. The number of hydrogen-bond donors (Lipinski definition) is 1. The molecule has 4 nitrogen and oxygen atoms in total. The number of ether oxygens (including phenoxy) is 1. The predicted molar refractivity (Wildman–Crippen MR) is 114 cm³/mol. The van der Waals surface area contributed by atoms with Crippen LogP contribution in [0.2, 0.25) is 5.02 Å². The largest absolute Gasteiger partial charge is 0.497 e. The van der Waals surface area contributed by atoms with E-state index >= 15 is 0 Å². The minimum atomic E-state index is -3.88. The van der Waals surface area contributed by atoms with E-state index in [2.05, 4.69) is 4.72 Å². The summed E-state index contributed by atoms with van der Waals surface area (Å²) in [6.45, 7) is 0. The second-order valence-electron chi connectivity index (χ2n) is 5.84. The van der Waals surface area contributed by atoms with Gasteiger partial charge >= 0.3 is 0 Å². The average molecular weight is 434 g/mol. The summed E-state index contributed by atoms with van der Waals surface area (Å²) in [6, 6.07) is 22.0. The summed E-state index contributed by atoms with van der Waals surface area (Å²) in [6.07, 6.45) is 0. The van der Waals surface area contributed by atoms with Gasteiger partial charge in [0.15, 0.2) is 0 Å². The summed E-state index contributed by atoms with van der Waals surface area (Å²) >= 11 is 12.5. The van der Waals surface area contributed by atoms with Crippen LogP contribution in [-0.2, 0) is 10.0 Å². The highest BCUT2D eigenvalue weighted by atomic mass is 35.5. The Bertz CT molecular complexity index is 1080. The van der Waals surface area contributed by atoms with Crippen LogP contribution in [0.5, 0.6) is 5.75 Å². The van der Waals surface area contributed by atoms with Crippen LogP contribution in [0.3, 0.4) is 0 Å². The fourth-order valence-electron chi connectivity index (χ4n) is 2.52. The van der Waals surface area contributed by atoms with Gasteiger partial charge in [0.2, 0.25) is 0 Å². The zero-order valence-corrected chi connectivity index (χ0v) is 17.2. The molecule has 7 heteroatoms. The number of benzene rings is 3. The van der Waals surface area contributed by atoms with E-state index in [4.69, 9.17) is 27.9 Å².